The van der Waals surface area contributed by atoms with Crippen LogP contribution in [-0.2, 0) is 9.59 Å². The molecule has 4 rings (SSSR count). The van der Waals surface area contributed by atoms with E-state index in [9.17, 15) is 24.8 Å². The van der Waals surface area contributed by atoms with Gasteiger partial charge in [0.15, 0.2) is 5.13 Å². The minimum absolute atomic E-state index is 0.186. The van der Waals surface area contributed by atoms with Crippen LogP contribution in [0.15, 0.2) is 65.7 Å². The first-order valence-corrected chi connectivity index (χ1v) is 9.89. The van der Waals surface area contributed by atoms with E-state index in [1.165, 1.54) is 37.6 Å². The van der Waals surface area contributed by atoms with Gasteiger partial charge in [0.25, 0.3) is 11.5 Å². The number of rotatable bonds is 5. The molecule has 2 aromatic carbocycles. The lowest BCUT2D eigenvalue weighted by Crippen LogP contribution is -2.29. The van der Waals surface area contributed by atoms with Crippen molar-refractivity contribution in [2.24, 2.45) is 0 Å². The molecule has 0 radical (unpaired) electrons. The minimum atomic E-state index is -1.09. The number of non-ortho nitro benzene ring substituents is 1. The SMILES string of the molecule is COc1cccc(C(O)=C2C(=O)C(=O)N(c3nccs3)C2c2cccc([N+](=O)[O-])c2)c1. The molecular formula is C21H15N3O6S. The standard InChI is InChI=1S/C21H15N3O6S/c1-30-15-7-3-5-13(11-15)18(25)16-17(12-4-2-6-14(10-12)24(28)29)23(20(27)19(16)26)21-22-8-9-31-21/h2-11,17,25H,1H3. The Morgan fingerprint density at radius 2 is 2.00 bits per heavy atom. The first-order valence-electron chi connectivity index (χ1n) is 9.01. The Hall–Kier alpha value is -4.05. The molecule has 2 heterocycles. The quantitative estimate of drug-likeness (QED) is 0.212. The third-order valence-corrected chi connectivity index (χ3v) is 5.58. The van der Waals surface area contributed by atoms with E-state index in [1.54, 1.807) is 29.6 Å². The Morgan fingerprint density at radius 3 is 2.68 bits per heavy atom. The highest BCUT2D eigenvalue weighted by atomic mass is 32.1. The maximum absolute atomic E-state index is 13.0. The summed E-state index contributed by atoms with van der Waals surface area (Å²) in [5.41, 5.74) is 0.178. The van der Waals surface area contributed by atoms with Gasteiger partial charge < -0.3 is 9.84 Å². The minimum Gasteiger partial charge on any atom is -0.507 e. The average molecular weight is 437 g/mol. The Kier molecular flexibility index (Phi) is 5.22. The average Bonchev–Trinajstić information content (AvgIpc) is 3.40. The molecule has 9 nitrogen and oxygen atoms in total. The summed E-state index contributed by atoms with van der Waals surface area (Å²) < 4.78 is 5.17. The van der Waals surface area contributed by atoms with Crippen LogP contribution < -0.4 is 9.64 Å². The van der Waals surface area contributed by atoms with Crippen molar-refractivity contribution in [1.29, 1.82) is 0 Å². The van der Waals surface area contributed by atoms with E-state index in [1.807, 2.05) is 0 Å². The second-order valence-corrected chi connectivity index (χ2v) is 7.44. The number of thiazole rings is 1. The monoisotopic (exact) mass is 437 g/mol. The fourth-order valence-corrected chi connectivity index (χ4v) is 4.08. The van der Waals surface area contributed by atoms with Gasteiger partial charge in [-0.3, -0.25) is 24.6 Å². The summed E-state index contributed by atoms with van der Waals surface area (Å²) in [7, 11) is 1.46. The lowest BCUT2D eigenvalue weighted by Gasteiger charge is -2.22. The summed E-state index contributed by atoms with van der Waals surface area (Å²) in [6.45, 7) is 0. The molecule has 156 valence electrons. The summed E-state index contributed by atoms with van der Waals surface area (Å²) in [4.78, 5) is 41.9. The molecule has 31 heavy (non-hydrogen) atoms. The van der Waals surface area contributed by atoms with Crippen molar-refractivity contribution < 1.29 is 24.4 Å². The number of aliphatic hydroxyl groups is 1. The number of methoxy groups -OCH3 is 1. The van der Waals surface area contributed by atoms with E-state index in [-0.39, 0.29) is 22.0 Å². The highest BCUT2D eigenvalue weighted by Gasteiger charge is 2.48. The van der Waals surface area contributed by atoms with Crippen molar-refractivity contribution in [2.75, 3.05) is 12.0 Å². The van der Waals surface area contributed by atoms with Crippen molar-refractivity contribution in [3.8, 4) is 5.75 Å². The molecule has 1 aliphatic rings. The topological polar surface area (TPSA) is 123 Å². The molecule has 10 heteroatoms. The number of aliphatic hydroxyl groups excluding tert-OH is 1. The zero-order valence-corrected chi connectivity index (χ0v) is 16.9. The smallest absolute Gasteiger partial charge is 0.301 e. The molecule has 0 bridgehead atoms. The Bertz CT molecular complexity index is 1220. The van der Waals surface area contributed by atoms with E-state index in [4.69, 9.17) is 4.74 Å². The molecule has 0 saturated carbocycles. The predicted octanol–water partition coefficient (Wildman–Crippen LogP) is 3.69. The van der Waals surface area contributed by atoms with E-state index in [0.29, 0.717) is 11.3 Å². The fourth-order valence-electron chi connectivity index (χ4n) is 3.41. The number of aromatic nitrogens is 1. The maximum atomic E-state index is 13.0. The van der Waals surface area contributed by atoms with Crippen molar-refractivity contribution in [2.45, 2.75) is 6.04 Å². The number of ketones is 1. The van der Waals surface area contributed by atoms with Crippen LogP contribution in [0.25, 0.3) is 5.76 Å². The lowest BCUT2D eigenvalue weighted by atomic mass is 9.95. The van der Waals surface area contributed by atoms with Crippen molar-refractivity contribution in [1.82, 2.24) is 4.98 Å². The molecule has 0 spiro atoms. The van der Waals surface area contributed by atoms with Gasteiger partial charge in [-0.15, -0.1) is 11.3 Å². The van der Waals surface area contributed by atoms with Crippen LogP contribution in [0.3, 0.4) is 0 Å². The number of nitro benzene ring substituents is 1. The number of Topliss-reactive ketones (excluding diaryl/α,β-unsaturated/α-hetero) is 1. The van der Waals surface area contributed by atoms with Crippen LogP contribution in [0.1, 0.15) is 17.2 Å². The molecule has 1 atom stereocenters. The summed E-state index contributed by atoms with van der Waals surface area (Å²) in [6, 6.07) is 10.9. The number of ether oxygens (including phenoxy) is 1. The molecule has 1 amide bonds. The number of carbonyl (C=O) groups excluding carboxylic acids is 2. The molecule has 1 saturated heterocycles. The summed E-state index contributed by atoms with van der Waals surface area (Å²) in [5, 5.41) is 24.2. The van der Waals surface area contributed by atoms with E-state index in [0.717, 1.165) is 16.2 Å². The molecule has 1 aliphatic heterocycles. The Morgan fingerprint density at radius 1 is 1.23 bits per heavy atom. The van der Waals surface area contributed by atoms with Crippen LogP contribution in [0.2, 0.25) is 0 Å². The van der Waals surface area contributed by atoms with Crippen molar-refractivity contribution >= 4 is 39.6 Å². The van der Waals surface area contributed by atoms with Crippen LogP contribution in [-0.4, -0.2) is 33.8 Å². The van der Waals surface area contributed by atoms with Gasteiger partial charge >= 0.3 is 5.91 Å². The summed E-state index contributed by atoms with van der Waals surface area (Å²) in [6.07, 6.45) is 1.48. The molecule has 0 aliphatic carbocycles. The van der Waals surface area contributed by atoms with Crippen LogP contribution in [0.4, 0.5) is 10.8 Å². The molecule has 3 aromatic rings. The normalized spacial score (nSPS) is 17.7. The number of hydrogen-bond acceptors (Lipinski definition) is 8. The Labute approximate surface area is 180 Å². The van der Waals surface area contributed by atoms with Crippen molar-refractivity contribution in [3.05, 3.63) is 86.9 Å². The third-order valence-electron chi connectivity index (χ3n) is 4.81. The molecular weight excluding hydrogens is 422 g/mol. The second kappa shape index (κ2) is 8.00. The number of anilines is 1. The largest absolute Gasteiger partial charge is 0.507 e. The van der Waals surface area contributed by atoms with Gasteiger partial charge in [-0.2, -0.15) is 0 Å². The Balaban J connectivity index is 1.96. The third kappa shape index (κ3) is 3.53. The number of nitro groups is 1. The molecule has 1 aromatic heterocycles. The van der Waals surface area contributed by atoms with Gasteiger partial charge in [0.05, 0.1) is 23.6 Å². The number of nitrogens with zero attached hydrogens (tertiary/aromatic N) is 3. The molecule has 1 unspecified atom stereocenters. The number of hydrogen-bond donors (Lipinski definition) is 1. The number of amides is 1. The maximum Gasteiger partial charge on any atom is 0.301 e. The molecule has 1 N–H and O–H groups in total. The van der Waals surface area contributed by atoms with E-state index < -0.39 is 28.4 Å². The van der Waals surface area contributed by atoms with Gasteiger partial charge in [0, 0.05) is 29.3 Å². The zero-order chi connectivity index (χ0) is 22.1. The zero-order valence-electron chi connectivity index (χ0n) is 16.1. The summed E-state index contributed by atoms with van der Waals surface area (Å²) in [5.74, 6) is -1.75. The van der Waals surface area contributed by atoms with Crippen LogP contribution >= 0.6 is 11.3 Å². The first kappa shape index (κ1) is 20.2. The first-order chi connectivity index (χ1) is 14.9. The molecule has 1 fully saturated rings. The van der Waals surface area contributed by atoms with Gasteiger partial charge in [0.2, 0.25) is 0 Å². The number of carbonyl (C=O) groups is 2. The number of benzene rings is 2. The van der Waals surface area contributed by atoms with Crippen LogP contribution in [0, 0.1) is 10.1 Å². The second-order valence-electron chi connectivity index (χ2n) is 6.57. The van der Waals surface area contributed by atoms with Gasteiger partial charge in [-0.25, -0.2) is 4.98 Å². The summed E-state index contributed by atoms with van der Waals surface area (Å²) >= 11 is 1.13. The van der Waals surface area contributed by atoms with Crippen LogP contribution in [0.5, 0.6) is 5.75 Å². The predicted molar refractivity (Wildman–Crippen MR) is 113 cm³/mol. The van der Waals surface area contributed by atoms with E-state index in [2.05, 4.69) is 4.98 Å². The highest BCUT2D eigenvalue weighted by Crippen LogP contribution is 2.43. The van der Waals surface area contributed by atoms with Gasteiger partial charge in [-0.1, -0.05) is 24.3 Å². The van der Waals surface area contributed by atoms with Gasteiger partial charge in [-0.05, 0) is 17.7 Å². The van der Waals surface area contributed by atoms with Gasteiger partial charge in [0.1, 0.15) is 11.5 Å². The van der Waals surface area contributed by atoms with E-state index >= 15 is 0 Å². The highest BCUT2D eigenvalue weighted by molar-refractivity contribution is 7.14. The lowest BCUT2D eigenvalue weighted by molar-refractivity contribution is -0.384. The van der Waals surface area contributed by atoms with Crippen molar-refractivity contribution in [3.63, 3.8) is 0 Å². The fraction of sp³-hybridized carbons (Fsp3) is 0.0952.